The molecule has 2 rings (SSSR count). The maximum Gasteiger partial charge on any atom is 0.374 e. The van der Waals surface area contributed by atoms with Crippen molar-refractivity contribution < 1.29 is 22.4 Å². The molecule has 0 aliphatic rings. The molecule has 1 aromatic heterocycles. The fraction of sp³-hybridized carbons (Fsp3) is 0.0833. The molecule has 0 atom stereocenters. The number of carbonyl (C=O) groups excluding carboxylic acids is 1. The van der Waals surface area contributed by atoms with Crippen LogP contribution in [-0.4, -0.2) is 21.5 Å². The van der Waals surface area contributed by atoms with Gasteiger partial charge in [0.05, 0.1) is 12.8 Å². The van der Waals surface area contributed by atoms with Gasteiger partial charge in [-0.05, 0) is 46.9 Å². The lowest BCUT2D eigenvalue weighted by atomic mass is 10.3. The Bertz CT molecular complexity index is 738. The number of furan rings is 1. The van der Waals surface area contributed by atoms with Gasteiger partial charge in [-0.3, -0.25) is 4.72 Å². The molecule has 0 fully saturated rings. The summed E-state index contributed by atoms with van der Waals surface area (Å²) in [6.07, 6.45) is 0. The smallest absolute Gasteiger partial charge is 0.374 e. The molecule has 0 saturated carbocycles. The number of ether oxygens (including phenoxy) is 1. The average molecular weight is 407 g/mol. The topological polar surface area (TPSA) is 85.6 Å². The third-order valence-electron chi connectivity index (χ3n) is 2.35. The third kappa shape index (κ3) is 3.12. The molecule has 20 heavy (non-hydrogen) atoms. The standard InChI is InChI=1S/C12H10INO5S/c1-18-12(15)10-6-7-11(19-10)20(16,17)14-9-5-3-2-4-8(9)13/h2-7,14H,1H3. The van der Waals surface area contributed by atoms with Crippen LogP contribution >= 0.6 is 22.6 Å². The Hall–Kier alpha value is -1.55. The van der Waals surface area contributed by atoms with Gasteiger partial charge in [0.1, 0.15) is 0 Å². The summed E-state index contributed by atoms with van der Waals surface area (Å²) >= 11 is 2.01. The highest BCUT2D eigenvalue weighted by molar-refractivity contribution is 14.1. The number of benzene rings is 1. The lowest BCUT2D eigenvalue weighted by Gasteiger charge is -2.07. The van der Waals surface area contributed by atoms with Crippen molar-refractivity contribution in [3.63, 3.8) is 0 Å². The Morgan fingerprint density at radius 2 is 1.95 bits per heavy atom. The van der Waals surface area contributed by atoms with Crippen LogP contribution < -0.4 is 4.72 Å². The maximum atomic E-state index is 12.1. The molecule has 1 N–H and O–H groups in total. The van der Waals surface area contributed by atoms with E-state index in [0.29, 0.717) is 5.69 Å². The van der Waals surface area contributed by atoms with Crippen LogP contribution in [0.15, 0.2) is 45.9 Å². The largest absolute Gasteiger partial charge is 0.463 e. The number of esters is 1. The van der Waals surface area contributed by atoms with E-state index in [0.717, 1.165) is 3.57 Å². The van der Waals surface area contributed by atoms with E-state index in [9.17, 15) is 13.2 Å². The number of hydrogen-bond acceptors (Lipinski definition) is 5. The Balaban J connectivity index is 2.29. The first kappa shape index (κ1) is 14.9. The number of nitrogens with one attached hydrogen (secondary N) is 1. The molecule has 8 heteroatoms. The zero-order valence-electron chi connectivity index (χ0n) is 10.3. The van der Waals surface area contributed by atoms with Crippen molar-refractivity contribution in [3.05, 3.63) is 45.7 Å². The summed E-state index contributed by atoms with van der Waals surface area (Å²) in [6, 6.07) is 9.34. The summed E-state index contributed by atoms with van der Waals surface area (Å²) in [5.41, 5.74) is 0.434. The molecule has 0 unspecified atom stereocenters. The van der Waals surface area contributed by atoms with Gasteiger partial charge in [-0.2, -0.15) is 8.42 Å². The number of para-hydroxylation sites is 1. The van der Waals surface area contributed by atoms with Crippen LogP contribution in [0.3, 0.4) is 0 Å². The predicted molar refractivity (Wildman–Crippen MR) is 80.0 cm³/mol. The molecule has 0 amide bonds. The van der Waals surface area contributed by atoms with Crippen LogP contribution in [0.4, 0.5) is 5.69 Å². The number of halogens is 1. The minimum atomic E-state index is -3.89. The summed E-state index contributed by atoms with van der Waals surface area (Å²) < 4.78 is 36.8. The lowest BCUT2D eigenvalue weighted by Crippen LogP contribution is -2.13. The minimum absolute atomic E-state index is 0.171. The average Bonchev–Trinajstić information content (AvgIpc) is 2.91. The number of rotatable bonds is 4. The Kier molecular flexibility index (Phi) is 4.33. The zero-order chi connectivity index (χ0) is 14.8. The molecule has 106 valence electrons. The van der Waals surface area contributed by atoms with E-state index >= 15 is 0 Å². The van der Waals surface area contributed by atoms with E-state index in [1.165, 1.54) is 19.2 Å². The van der Waals surface area contributed by atoms with E-state index < -0.39 is 16.0 Å². The lowest BCUT2D eigenvalue weighted by molar-refractivity contribution is 0.0559. The van der Waals surface area contributed by atoms with Crippen LogP contribution in [0, 0.1) is 3.57 Å². The van der Waals surface area contributed by atoms with Crippen molar-refractivity contribution in [2.75, 3.05) is 11.8 Å². The summed E-state index contributed by atoms with van der Waals surface area (Å²) in [5, 5.41) is -0.349. The number of carbonyl (C=O) groups is 1. The van der Waals surface area contributed by atoms with Gasteiger partial charge >= 0.3 is 5.97 Å². The second-order valence-electron chi connectivity index (χ2n) is 3.70. The monoisotopic (exact) mass is 407 g/mol. The van der Waals surface area contributed by atoms with E-state index in [4.69, 9.17) is 4.42 Å². The molecule has 1 aromatic carbocycles. The zero-order valence-corrected chi connectivity index (χ0v) is 13.3. The van der Waals surface area contributed by atoms with E-state index in [1.807, 2.05) is 22.6 Å². The highest BCUT2D eigenvalue weighted by Gasteiger charge is 2.22. The molecule has 0 aliphatic carbocycles. The molecule has 0 aliphatic heterocycles. The van der Waals surface area contributed by atoms with Crippen molar-refractivity contribution in [1.29, 1.82) is 0 Å². The van der Waals surface area contributed by atoms with Gasteiger partial charge in [0, 0.05) is 3.57 Å². The number of sulfonamides is 1. The first-order valence-corrected chi connectivity index (χ1v) is 7.96. The first-order valence-electron chi connectivity index (χ1n) is 5.39. The second-order valence-corrected chi connectivity index (χ2v) is 6.47. The van der Waals surface area contributed by atoms with E-state index in [2.05, 4.69) is 9.46 Å². The summed E-state index contributed by atoms with van der Waals surface area (Å²) in [5.74, 6) is -0.906. The molecular weight excluding hydrogens is 397 g/mol. The number of methoxy groups -OCH3 is 1. The molecule has 0 bridgehead atoms. The Morgan fingerprint density at radius 1 is 1.25 bits per heavy atom. The highest BCUT2D eigenvalue weighted by atomic mass is 127. The third-order valence-corrected chi connectivity index (χ3v) is 4.53. The molecular formula is C12H10INO5S. The second kappa shape index (κ2) is 5.83. The molecule has 0 radical (unpaired) electrons. The number of hydrogen-bond donors (Lipinski definition) is 1. The van der Waals surface area contributed by atoms with Gasteiger partial charge in [0.2, 0.25) is 10.9 Å². The fourth-order valence-corrected chi connectivity index (χ4v) is 3.13. The summed E-state index contributed by atoms with van der Waals surface area (Å²) in [6.45, 7) is 0. The van der Waals surface area contributed by atoms with Gasteiger partial charge in [-0.1, -0.05) is 12.1 Å². The van der Waals surface area contributed by atoms with Crippen LogP contribution in [0.5, 0.6) is 0 Å². The van der Waals surface area contributed by atoms with Crippen LogP contribution in [0.2, 0.25) is 0 Å². The summed E-state index contributed by atoms with van der Waals surface area (Å²) in [4.78, 5) is 11.2. The van der Waals surface area contributed by atoms with E-state index in [-0.39, 0.29) is 10.9 Å². The SMILES string of the molecule is COC(=O)c1ccc(S(=O)(=O)Nc2ccccc2I)o1. The van der Waals surface area contributed by atoms with Crippen molar-refractivity contribution in [2.24, 2.45) is 0 Å². The molecule has 6 nitrogen and oxygen atoms in total. The normalized spacial score (nSPS) is 11.1. The maximum absolute atomic E-state index is 12.1. The van der Waals surface area contributed by atoms with Crippen LogP contribution in [0.25, 0.3) is 0 Å². The minimum Gasteiger partial charge on any atom is -0.463 e. The summed E-state index contributed by atoms with van der Waals surface area (Å²) in [7, 11) is -2.70. The molecule has 1 heterocycles. The molecule has 0 spiro atoms. The Morgan fingerprint density at radius 3 is 2.60 bits per heavy atom. The van der Waals surface area contributed by atoms with Gasteiger partial charge in [0.25, 0.3) is 10.0 Å². The van der Waals surface area contributed by atoms with Crippen molar-refractivity contribution in [2.45, 2.75) is 5.09 Å². The number of anilines is 1. The van der Waals surface area contributed by atoms with E-state index in [1.54, 1.807) is 24.3 Å². The van der Waals surface area contributed by atoms with Crippen molar-refractivity contribution >= 4 is 44.3 Å². The highest BCUT2D eigenvalue weighted by Crippen LogP contribution is 2.22. The van der Waals surface area contributed by atoms with Crippen LogP contribution in [0.1, 0.15) is 10.6 Å². The quantitative estimate of drug-likeness (QED) is 0.622. The van der Waals surface area contributed by atoms with Crippen LogP contribution in [-0.2, 0) is 14.8 Å². The Labute approximate surface area is 129 Å². The van der Waals surface area contributed by atoms with Gasteiger partial charge < -0.3 is 9.15 Å². The van der Waals surface area contributed by atoms with Crippen molar-refractivity contribution in [1.82, 2.24) is 0 Å². The molecule has 0 saturated heterocycles. The van der Waals surface area contributed by atoms with Gasteiger partial charge in [-0.15, -0.1) is 0 Å². The molecule has 2 aromatic rings. The van der Waals surface area contributed by atoms with Crippen molar-refractivity contribution in [3.8, 4) is 0 Å². The fourth-order valence-electron chi connectivity index (χ4n) is 1.41. The van der Waals surface area contributed by atoms with Gasteiger partial charge in [0.15, 0.2) is 0 Å². The predicted octanol–water partition coefficient (Wildman–Crippen LogP) is 2.47. The first-order chi connectivity index (χ1) is 9.44. The van der Waals surface area contributed by atoms with Gasteiger partial charge in [-0.25, -0.2) is 4.79 Å².